The first-order valence-electron chi connectivity index (χ1n) is 6.86. The zero-order valence-electron chi connectivity index (χ0n) is 12.6. The van der Waals surface area contributed by atoms with Gasteiger partial charge in [0.25, 0.3) is 0 Å². The summed E-state index contributed by atoms with van der Waals surface area (Å²) in [6.07, 6.45) is 0.512. The number of nitrogens with zero attached hydrogens (tertiary/aromatic N) is 3. The molecule has 1 N–H and O–H groups in total. The number of aryl methyl sites for hydroxylation is 2. The fourth-order valence-corrected chi connectivity index (χ4v) is 2.68. The van der Waals surface area contributed by atoms with Gasteiger partial charge in [-0.1, -0.05) is 17.7 Å². The van der Waals surface area contributed by atoms with Crippen LogP contribution in [-0.4, -0.2) is 38.8 Å². The number of benzene rings is 1. The second-order valence-corrected chi connectivity index (χ2v) is 6.17. The first-order chi connectivity index (χ1) is 10.0. The minimum atomic E-state index is 0.108. The minimum absolute atomic E-state index is 0.108. The summed E-state index contributed by atoms with van der Waals surface area (Å²) >= 11 is 1.70. The van der Waals surface area contributed by atoms with Gasteiger partial charge in [-0.25, -0.2) is 4.98 Å². The number of rotatable bonds is 6. The second-order valence-electron chi connectivity index (χ2n) is 5.00. The number of thioether (sulfide) groups is 1. The largest absolute Gasteiger partial charge is 0.338 e. The summed E-state index contributed by atoms with van der Waals surface area (Å²) in [7, 11) is 1.78. The first-order valence-corrected chi connectivity index (χ1v) is 7.84. The number of H-pyrrole nitrogens is 1. The van der Waals surface area contributed by atoms with E-state index in [-0.39, 0.29) is 5.91 Å². The fourth-order valence-electron chi connectivity index (χ4n) is 1.84. The van der Waals surface area contributed by atoms with Gasteiger partial charge in [0.05, 0.1) is 6.54 Å². The van der Waals surface area contributed by atoms with Gasteiger partial charge in [0.2, 0.25) is 5.91 Å². The number of aromatic nitrogens is 3. The maximum atomic E-state index is 12.0. The Morgan fingerprint density at radius 1 is 1.29 bits per heavy atom. The van der Waals surface area contributed by atoms with Crippen molar-refractivity contribution in [3.8, 4) is 0 Å². The van der Waals surface area contributed by atoms with Crippen LogP contribution >= 0.6 is 11.8 Å². The normalized spacial score (nSPS) is 10.6. The molecule has 0 atom stereocenters. The maximum absolute atomic E-state index is 12.0. The van der Waals surface area contributed by atoms with E-state index in [0.717, 1.165) is 11.6 Å². The Morgan fingerprint density at radius 3 is 2.62 bits per heavy atom. The van der Waals surface area contributed by atoms with Crippen LogP contribution in [0.1, 0.15) is 23.6 Å². The molecule has 0 aliphatic heterocycles. The lowest BCUT2D eigenvalue weighted by Gasteiger charge is -2.14. The molecule has 0 unspecified atom stereocenters. The van der Waals surface area contributed by atoms with E-state index in [2.05, 4.69) is 46.4 Å². The summed E-state index contributed by atoms with van der Waals surface area (Å²) in [4.78, 5) is 19.1. The van der Waals surface area contributed by atoms with Crippen LogP contribution in [0.3, 0.4) is 0 Å². The molecule has 1 aromatic carbocycles. The van der Waals surface area contributed by atoms with Crippen LogP contribution in [0.15, 0.2) is 29.2 Å². The number of carbonyl (C=O) groups excluding carboxylic acids is 1. The molecule has 21 heavy (non-hydrogen) atoms. The van der Waals surface area contributed by atoms with E-state index in [1.807, 2.05) is 6.92 Å². The smallest absolute Gasteiger partial charge is 0.223 e. The highest BCUT2D eigenvalue weighted by Gasteiger charge is 2.11. The van der Waals surface area contributed by atoms with Gasteiger partial charge in [0.15, 0.2) is 5.82 Å². The quantitative estimate of drug-likeness (QED) is 0.833. The molecule has 6 heteroatoms. The standard InChI is InChI=1S/C15H20N4OS/c1-11-4-6-13(7-5-11)21-9-8-15(20)19(3)10-14-16-12(2)17-18-14/h4-7H,8-10H2,1-3H3,(H,16,17,18). The number of hydrogen-bond donors (Lipinski definition) is 1. The average molecular weight is 304 g/mol. The molecular formula is C15H20N4OS. The second kappa shape index (κ2) is 7.26. The van der Waals surface area contributed by atoms with Crippen molar-refractivity contribution in [3.05, 3.63) is 41.5 Å². The third kappa shape index (κ3) is 4.90. The molecule has 112 valence electrons. The Kier molecular flexibility index (Phi) is 5.38. The number of amides is 1. The van der Waals surface area contributed by atoms with Gasteiger partial charge in [-0.3, -0.25) is 9.89 Å². The molecule has 0 fully saturated rings. The molecule has 1 heterocycles. The third-order valence-electron chi connectivity index (χ3n) is 3.05. The topological polar surface area (TPSA) is 61.9 Å². The summed E-state index contributed by atoms with van der Waals surface area (Å²) in [6.45, 7) is 4.35. The Balaban J connectivity index is 1.74. The molecule has 0 bridgehead atoms. The lowest BCUT2D eigenvalue weighted by molar-refractivity contribution is -0.130. The summed E-state index contributed by atoms with van der Waals surface area (Å²) < 4.78 is 0. The number of nitrogens with one attached hydrogen (secondary N) is 1. The van der Waals surface area contributed by atoms with Crippen molar-refractivity contribution < 1.29 is 4.79 Å². The molecule has 1 amide bonds. The summed E-state index contributed by atoms with van der Waals surface area (Å²) in [5.41, 5.74) is 1.25. The molecule has 0 saturated carbocycles. The van der Waals surface area contributed by atoms with Crippen LogP contribution in [0.4, 0.5) is 0 Å². The Bertz CT molecular complexity index is 594. The maximum Gasteiger partial charge on any atom is 0.223 e. The zero-order chi connectivity index (χ0) is 15.2. The van der Waals surface area contributed by atoms with E-state index in [1.165, 1.54) is 10.5 Å². The van der Waals surface area contributed by atoms with Crippen molar-refractivity contribution in [1.29, 1.82) is 0 Å². The molecule has 2 aromatic rings. The van der Waals surface area contributed by atoms with Crippen LogP contribution < -0.4 is 0 Å². The monoisotopic (exact) mass is 304 g/mol. The van der Waals surface area contributed by atoms with Crippen LogP contribution in [0, 0.1) is 13.8 Å². The van der Waals surface area contributed by atoms with Crippen molar-refractivity contribution in [3.63, 3.8) is 0 Å². The summed E-state index contributed by atoms with van der Waals surface area (Å²) in [5.74, 6) is 2.30. The van der Waals surface area contributed by atoms with Crippen molar-refractivity contribution in [2.75, 3.05) is 12.8 Å². The molecule has 0 aliphatic rings. The molecule has 2 rings (SSSR count). The lowest BCUT2D eigenvalue weighted by atomic mass is 10.2. The predicted molar refractivity (Wildman–Crippen MR) is 84.1 cm³/mol. The Hall–Kier alpha value is -1.82. The zero-order valence-corrected chi connectivity index (χ0v) is 13.4. The molecule has 0 aliphatic carbocycles. The van der Waals surface area contributed by atoms with E-state index in [4.69, 9.17) is 0 Å². The van der Waals surface area contributed by atoms with Gasteiger partial charge in [-0.2, -0.15) is 5.10 Å². The molecule has 5 nitrogen and oxygen atoms in total. The van der Waals surface area contributed by atoms with Crippen LogP contribution in [0.5, 0.6) is 0 Å². The van der Waals surface area contributed by atoms with Gasteiger partial charge in [0, 0.05) is 24.1 Å². The van der Waals surface area contributed by atoms with E-state index in [9.17, 15) is 4.79 Å². The molecule has 0 spiro atoms. The molecule has 0 saturated heterocycles. The highest BCUT2D eigenvalue weighted by atomic mass is 32.2. The van der Waals surface area contributed by atoms with Gasteiger partial charge in [-0.05, 0) is 26.0 Å². The highest BCUT2D eigenvalue weighted by molar-refractivity contribution is 7.99. The van der Waals surface area contributed by atoms with Gasteiger partial charge in [-0.15, -0.1) is 11.8 Å². The molecule has 1 aromatic heterocycles. The molecular weight excluding hydrogens is 284 g/mol. The summed E-state index contributed by atoms with van der Waals surface area (Å²) in [6, 6.07) is 8.35. The highest BCUT2D eigenvalue weighted by Crippen LogP contribution is 2.19. The molecule has 0 radical (unpaired) electrons. The van der Waals surface area contributed by atoms with E-state index in [1.54, 1.807) is 23.7 Å². The van der Waals surface area contributed by atoms with Gasteiger partial charge in [0.1, 0.15) is 5.82 Å². The van der Waals surface area contributed by atoms with Crippen molar-refractivity contribution in [1.82, 2.24) is 20.1 Å². The number of hydrogen-bond acceptors (Lipinski definition) is 4. The van der Waals surface area contributed by atoms with Crippen molar-refractivity contribution >= 4 is 17.7 Å². The summed E-state index contributed by atoms with van der Waals surface area (Å²) in [5, 5.41) is 6.82. The third-order valence-corrected chi connectivity index (χ3v) is 4.07. The van der Waals surface area contributed by atoms with Crippen molar-refractivity contribution in [2.24, 2.45) is 0 Å². The van der Waals surface area contributed by atoms with E-state index < -0.39 is 0 Å². The fraction of sp³-hybridized carbons (Fsp3) is 0.400. The predicted octanol–water partition coefficient (Wildman–Crippen LogP) is 2.56. The SMILES string of the molecule is Cc1ccc(SCCC(=O)N(C)Cc2n[nH]c(C)n2)cc1. The van der Waals surface area contributed by atoms with Crippen LogP contribution in [-0.2, 0) is 11.3 Å². The minimum Gasteiger partial charge on any atom is -0.338 e. The Labute approximate surface area is 129 Å². The van der Waals surface area contributed by atoms with E-state index >= 15 is 0 Å². The van der Waals surface area contributed by atoms with Gasteiger partial charge >= 0.3 is 0 Å². The van der Waals surface area contributed by atoms with Crippen LogP contribution in [0.25, 0.3) is 0 Å². The van der Waals surface area contributed by atoms with Gasteiger partial charge < -0.3 is 4.90 Å². The average Bonchev–Trinajstić information content (AvgIpc) is 2.86. The first kappa shape index (κ1) is 15.6. The number of carbonyl (C=O) groups is 1. The lowest BCUT2D eigenvalue weighted by Crippen LogP contribution is -2.26. The number of aromatic amines is 1. The Morgan fingerprint density at radius 2 is 2.00 bits per heavy atom. The van der Waals surface area contributed by atoms with Crippen molar-refractivity contribution in [2.45, 2.75) is 31.7 Å². The van der Waals surface area contributed by atoms with Crippen LogP contribution in [0.2, 0.25) is 0 Å². The van der Waals surface area contributed by atoms with E-state index in [0.29, 0.717) is 18.8 Å².